The standard InChI is InChI=1S/C12H14F2N2O3S/c1-20(18,19)16-6-2-3-11(16)12(17)15-10-5-4-8(13)7-9(10)14/h4-5,7,11H,2-3,6H2,1H3,(H,15,17). The fraction of sp³-hybridized carbons (Fsp3) is 0.417. The molecule has 1 unspecified atom stereocenters. The van der Waals surface area contributed by atoms with Gasteiger partial charge in [0.25, 0.3) is 0 Å². The number of nitrogens with one attached hydrogen (secondary N) is 1. The number of amides is 1. The van der Waals surface area contributed by atoms with E-state index in [0.717, 1.165) is 22.7 Å². The highest BCUT2D eigenvalue weighted by molar-refractivity contribution is 7.88. The van der Waals surface area contributed by atoms with Gasteiger partial charge in [0.15, 0.2) is 0 Å². The summed E-state index contributed by atoms with van der Waals surface area (Å²) in [6.07, 6.45) is 1.97. The lowest BCUT2D eigenvalue weighted by atomic mass is 10.2. The lowest BCUT2D eigenvalue weighted by molar-refractivity contribution is -0.119. The molecule has 0 saturated carbocycles. The molecule has 1 aromatic carbocycles. The Morgan fingerprint density at radius 3 is 2.70 bits per heavy atom. The number of nitrogens with zero attached hydrogens (tertiary/aromatic N) is 1. The van der Waals surface area contributed by atoms with Gasteiger partial charge in [-0.15, -0.1) is 0 Å². The SMILES string of the molecule is CS(=O)(=O)N1CCCC1C(=O)Nc1ccc(F)cc1F. The van der Waals surface area contributed by atoms with E-state index in [-0.39, 0.29) is 12.2 Å². The van der Waals surface area contributed by atoms with Crippen LogP contribution in [0.2, 0.25) is 0 Å². The smallest absolute Gasteiger partial charge is 0.242 e. The Morgan fingerprint density at radius 2 is 2.10 bits per heavy atom. The van der Waals surface area contributed by atoms with E-state index in [1.807, 2.05) is 0 Å². The molecule has 0 radical (unpaired) electrons. The molecule has 0 bridgehead atoms. The molecule has 0 spiro atoms. The number of carbonyl (C=O) groups is 1. The Morgan fingerprint density at radius 1 is 1.40 bits per heavy atom. The number of sulfonamides is 1. The van der Waals surface area contributed by atoms with Gasteiger partial charge in [-0.3, -0.25) is 4.79 Å². The van der Waals surface area contributed by atoms with E-state index < -0.39 is 33.6 Å². The second-order valence-corrected chi connectivity index (χ2v) is 6.58. The van der Waals surface area contributed by atoms with E-state index in [1.54, 1.807) is 0 Å². The Kier molecular flexibility index (Phi) is 4.05. The topological polar surface area (TPSA) is 66.5 Å². The third-order valence-electron chi connectivity index (χ3n) is 3.12. The number of anilines is 1. The summed E-state index contributed by atoms with van der Waals surface area (Å²) in [5, 5.41) is 2.29. The van der Waals surface area contributed by atoms with Gasteiger partial charge in [0.05, 0.1) is 11.9 Å². The first kappa shape index (κ1) is 14.9. The van der Waals surface area contributed by atoms with Crippen molar-refractivity contribution < 1.29 is 22.0 Å². The lowest BCUT2D eigenvalue weighted by Gasteiger charge is -2.21. The molecule has 8 heteroatoms. The fourth-order valence-electron chi connectivity index (χ4n) is 2.21. The van der Waals surface area contributed by atoms with E-state index in [0.29, 0.717) is 18.9 Å². The summed E-state index contributed by atoms with van der Waals surface area (Å²) in [5.74, 6) is -2.26. The Balaban J connectivity index is 2.16. The van der Waals surface area contributed by atoms with Gasteiger partial charge in [0.1, 0.15) is 17.7 Å². The van der Waals surface area contributed by atoms with Crippen molar-refractivity contribution in [2.75, 3.05) is 18.1 Å². The van der Waals surface area contributed by atoms with E-state index in [9.17, 15) is 22.0 Å². The summed E-state index contributed by atoms with van der Waals surface area (Å²) in [6.45, 7) is 0.267. The Hall–Kier alpha value is -1.54. The first-order valence-corrected chi connectivity index (χ1v) is 7.86. The first-order chi connectivity index (χ1) is 9.29. The summed E-state index contributed by atoms with van der Waals surface area (Å²) in [7, 11) is -3.49. The molecular formula is C12H14F2N2O3S. The van der Waals surface area contributed by atoms with Gasteiger partial charge in [-0.1, -0.05) is 0 Å². The van der Waals surface area contributed by atoms with Crippen molar-refractivity contribution in [1.29, 1.82) is 0 Å². The van der Waals surface area contributed by atoms with Crippen LogP contribution in [0.3, 0.4) is 0 Å². The highest BCUT2D eigenvalue weighted by Crippen LogP contribution is 2.23. The quantitative estimate of drug-likeness (QED) is 0.916. The van der Waals surface area contributed by atoms with Crippen LogP contribution >= 0.6 is 0 Å². The largest absolute Gasteiger partial charge is 0.322 e. The van der Waals surface area contributed by atoms with E-state index in [4.69, 9.17) is 0 Å². The Bertz CT molecular complexity index is 634. The van der Waals surface area contributed by atoms with Crippen LogP contribution in [-0.2, 0) is 14.8 Å². The molecule has 0 aromatic heterocycles. The predicted octanol–water partition coefficient (Wildman–Crippen LogP) is 1.33. The number of carbonyl (C=O) groups excluding carboxylic acids is 1. The third kappa shape index (κ3) is 3.13. The monoisotopic (exact) mass is 304 g/mol. The van der Waals surface area contributed by atoms with E-state index >= 15 is 0 Å². The van der Waals surface area contributed by atoms with Crippen molar-refractivity contribution in [2.45, 2.75) is 18.9 Å². The van der Waals surface area contributed by atoms with Crippen molar-refractivity contribution in [2.24, 2.45) is 0 Å². The summed E-state index contributed by atoms with van der Waals surface area (Å²) >= 11 is 0. The van der Waals surface area contributed by atoms with Gasteiger partial charge in [0.2, 0.25) is 15.9 Å². The van der Waals surface area contributed by atoms with Crippen molar-refractivity contribution in [3.05, 3.63) is 29.8 Å². The maximum atomic E-state index is 13.4. The second kappa shape index (κ2) is 5.45. The summed E-state index contributed by atoms with van der Waals surface area (Å²) in [6, 6.07) is 1.91. The minimum atomic E-state index is -3.49. The first-order valence-electron chi connectivity index (χ1n) is 6.02. The average Bonchev–Trinajstić information content (AvgIpc) is 2.81. The molecule has 1 saturated heterocycles. The minimum absolute atomic E-state index is 0.170. The molecular weight excluding hydrogens is 290 g/mol. The highest BCUT2D eigenvalue weighted by atomic mass is 32.2. The summed E-state index contributed by atoms with van der Waals surface area (Å²) in [4.78, 5) is 12.0. The van der Waals surface area contributed by atoms with Crippen LogP contribution in [0.4, 0.5) is 14.5 Å². The van der Waals surface area contributed by atoms with Gasteiger partial charge in [-0.05, 0) is 25.0 Å². The maximum Gasteiger partial charge on any atom is 0.242 e. The molecule has 1 N–H and O–H groups in total. The summed E-state index contributed by atoms with van der Waals surface area (Å²) in [5.41, 5.74) is -0.170. The van der Waals surface area contributed by atoms with Gasteiger partial charge < -0.3 is 5.32 Å². The van der Waals surface area contributed by atoms with Crippen molar-refractivity contribution in [3.63, 3.8) is 0 Å². The van der Waals surface area contributed by atoms with E-state index in [2.05, 4.69) is 5.32 Å². The zero-order valence-electron chi connectivity index (χ0n) is 10.8. The second-order valence-electron chi connectivity index (χ2n) is 4.65. The zero-order valence-corrected chi connectivity index (χ0v) is 11.6. The number of halogens is 2. The molecule has 1 aromatic rings. The van der Waals surface area contributed by atoms with Crippen LogP contribution in [-0.4, -0.2) is 37.5 Å². The summed E-state index contributed by atoms with van der Waals surface area (Å²) < 4.78 is 50.4. The van der Waals surface area contributed by atoms with Crippen LogP contribution < -0.4 is 5.32 Å². The van der Waals surface area contributed by atoms with Crippen LogP contribution in [0, 0.1) is 11.6 Å². The van der Waals surface area contributed by atoms with Gasteiger partial charge in [0, 0.05) is 12.6 Å². The molecule has 1 atom stereocenters. The molecule has 20 heavy (non-hydrogen) atoms. The van der Waals surface area contributed by atoms with Gasteiger partial charge in [-0.2, -0.15) is 4.31 Å². The van der Waals surface area contributed by atoms with Crippen molar-refractivity contribution >= 4 is 21.6 Å². The predicted molar refractivity (Wildman–Crippen MR) is 69.6 cm³/mol. The van der Waals surface area contributed by atoms with Crippen LogP contribution in [0.15, 0.2) is 18.2 Å². The third-order valence-corrected chi connectivity index (χ3v) is 4.41. The van der Waals surface area contributed by atoms with Crippen LogP contribution in [0.5, 0.6) is 0 Å². The molecule has 1 heterocycles. The van der Waals surface area contributed by atoms with Gasteiger partial charge in [-0.25, -0.2) is 17.2 Å². The van der Waals surface area contributed by atoms with Crippen LogP contribution in [0.25, 0.3) is 0 Å². The Labute approximate surface area is 115 Å². The van der Waals surface area contributed by atoms with Crippen LogP contribution in [0.1, 0.15) is 12.8 Å². The average molecular weight is 304 g/mol. The van der Waals surface area contributed by atoms with Crippen molar-refractivity contribution in [3.8, 4) is 0 Å². The molecule has 1 aliphatic rings. The number of hydrogen-bond acceptors (Lipinski definition) is 3. The molecule has 5 nitrogen and oxygen atoms in total. The molecule has 1 fully saturated rings. The lowest BCUT2D eigenvalue weighted by Crippen LogP contribution is -2.42. The highest BCUT2D eigenvalue weighted by Gasteiger charge is 2.36. The van der Waals surface area contributed by atoms with Gasteiger partial charge >= 0.3 is 0 Å². The van der Waals surface area contributed by atoms with E-state index in [1.165, 1.54) is 0 Å². The minimum Gasteiger partial charge on any atom is -0.322 e. The molecule has 1 aliphatic heterocycles. The number of benzene rings is 1. The van der Waals surface area contributed by atoms with Crippen molar-refractivity contribution in [1.82, 2.24) is 4.31 Å². The number of rotatable bonds is 3. The fourth-order valence-corrected chi connectivity index (χ4v) is 3.33. The normalized spacial score (nSPS) is 20.1. The zero-order chi connectivity index (χ0) is 14.9. The maximum absolute atomic E-state index is 13.4. The molecule has 110 valence electrons. The molecule has 0 aliphatic carbocycles. The molecule has 2 rings (SSSR count). The number of hydrogen-bond donors (Lipinski definition) is 1. The molecule has 1 amide bonds.